The van der Waals surface area contributed by atoms with E-state index in [-0.39, 0.29) is 18.5 Å². The van der Waals surface area contributed by atoms with Crippen LogP contribution < -0.4 is 0 Å². The van der Waals surface area contributed by atoms with Crippen molar-refractivity contribution in [3.63, 3.8) is 0 Å². The van der Waals surface area contributed by atoms with E-state index in [0.717, 1.165) is 31.8 Å². The summed E-state index contributed by atoms with van der Waals surface area (Å²) in [6, 6.07) is 0.663. The van der Waals surface area contributed by atoms with Crippen LogP contribution in [-0.4, -0.2) is 53.7 Å². The third-order valence-corrected chi connectivity index (χ3v) is 4.32. The van der Waals surface area contributed by atoms with Gasteiger partial charge >= 0.3 is 6.09 Å². The van der Waals surface area contributed by atoms with Crippen molar-refractivity contribution < 1.29 is 9.53 Å². The monoisotopic (exact) mass is 318 g/mol. The number of amides is 1. The van der Waals surface area contributed by atoms with Crippen LogP contribution in [0.5, 0.6) is 0 Å². The van der Waals surface area contributed by atoms with Crippen molar-refractivity contribution in [1.29, 1.82) is 0 Å². The number of nitrogens with zero attached hydrogens (tertiary/aromatic N) is 2. The number of hydrogen-bond acceptors (Lipinski definition) is 3. The summed E-state index contributed by atoms with van der Waals surface area (Å²) < 4.78 is 5.45. The molecule has 0 N–H and O–H groups in total. The summed E-state index contributed by atoms with van der Waals surface area (Å²) in [7, 11) is 0. The molecule has 2 aliphatic rings. The number of carbonyl (C=O) groups is 1. The molecule has 5 heteroatoms. The molecule has 21 heavy (non-hydrogen) atoms. The lowest BCUT2D eigenvalue weighted by Gasteiger charge is -2.41. The number of rotatable bonds is 1. The SMILES string of the molecule is C[C@@H]1CCCN(C2CCN(C(=O)OC(C)(C)C)CC2)C1.Cl. The maximum atomic E-state index is 12.0. The number of hydrogen-bond donors (Lipinski definition) is 0. The van der Waals surface area contributed by atoms with Gasteiger partial charge in [-0.05, 0) is 58.9 Å². The maximum absolute atomic E-state index is 12.0. The van der Waals surface area contributed by atoms with E-state index < -0.39 is 5.60 Å². The number of halogens is 1. The van der Waals surface area contributed by atoms with Crippen LogP contribution in [0.15, 0.2) is 0 Å². The zero-order valence-corrected chi connectivity index (χ0v) is 14.7. The first-order valence-electron chi connectivity index (χ1n) is 8.07. The van der Waals surface area contributed by atoms with E-state index in [1.807, 2.05) is 25.7 Å². The van der Waals surface area contributed by atoms with Gasteiger partial charge in [0.25, 0.3) is 0 Å². The maximum Gasteiger partial charge on any atom is 0.410 e. The van der Waals surface area contributed by atoms with Crippen LogP contribution in [0, 0.1) is 5.92 Å². The van der Waals surface area contributed by atoms with Gasteiger partial charge in [0, 0.05) is 25.7 Å². The quantitative estimate of drug-likeness (QED) is 0.741. The molecule has 0 spiro atoms. The molecule has 0 aromatic rings. The second-order valence-electron chi connectivity index (χ2n) is 7.44. The molecule has 2 aliphatic heterocycles. The number of piperidine rings is 2. The van der Waals surface area contributed by atoms with Gasteiger partial charge in [-0.3, -0.25) is 4.90 Å². The van der Waals surface area contributed by atoms with Crippen molar-refractivity contribution in [2.45, 2.75) is 65.0 Å². The van der Waals surface area contributed by atoms with Crippen molar-refractivity contribution in [2.75, 3.05) is 26.2 Å². The Kier molecular flexibility index (Phi) is 6.79. The molecule has 2 rings (SSSR count). The molecule has 0 aliphatic carbocycles. The topological polar surface area (TPSA) is 32.8 Å². The standard InChI is InChI=1S/C16H30N2O2.ClH/c1-13-6-5-9-18(12-13)14-7-10-17(11-8-14)15(19)20-16(2,3)4;/h13-14H,5-12H2,1-4H3;1H/t13-;/m1./s1. The Hall–Kier alpha value is -0.480. The smallest absolute Gasteiger partial charge is 0.410 e. The molecule has 4 nitrogen and oxygen atoms in total. The van der Waals surface area contributed by atoms with E-state index >= 15 is 0 Å². The molecular weight excluding hydrogens is 288 g/mol. The van der Waals surface area contributed by atoms with Crippen LogP contribution >= 0.6 is 12.4 Å². The predicted molar refractivity (Wildman–Crippen MR) is 88.0 cm³/mol. The van der Waals surface area contributed by atoms with E-state index in [9.17, 15) is 4.79 Å². The average Bonchev–Trinajstić information content (AvgIpc) is 2.37. The van der Waals surface area contributed by atoms with E-state index in [4.69, 9.17) is 4.74 Å². The molecule has 2 fully saturated rings. The number of likely N-dealkylation sites (tertiary alicyclic amines) is 2. The zero-order valence-electron chi connectivity index (χ0n) is 13.9. The molecule has 0 aromatic heterocycles. The van der Waals surface area contributed by atoms with Crippen molar-refractivity contribution in [2.24, 2.45) is 5.92 Å². The fourth-order valence-corrected chi connectivity index (χ4v) is 3.30. The van der Waals surface area contributed by atoms with Gasteiger partial charge in [0.1, 0.15) is 5.60 Å². The summed E-state index contributed by atoms with van der Waals surface area (Å²) >= 11 is 0. The highest BCUT2D eigenvalue weighted by Gasteiger charge is 2.30. The third kappa shape index (κ3) is 5.67. The molecule has 0 saturated carbocycles. The van der Waals surface area contributed by atoms with Gasteiger partial charge in [0.15, 0.2) is 0 Å². The van der Waals surface area contributed by atoms with Crippen LogP contribution in [0.25, 0.3) is 0 Å². The van der Waals surface area contributed by atoms with Crippen molar-refractivity contribution in [1.82, 2.24) is 9.80 Å². The Morgan fingerprint density at radius 1 is 1.10 bits per heavy atom. The van der Waals surface area contributed by atoms with Crippen molar-refractivity contribution >= 4 is 18.5 Å². The second kappa shape index (κ2) is 7.68. The Morgan fingerprint density at radius 2 is 1.71 bits per heavy atom. The summed E-state index contributed by atoms with van der Waals surface area (Å²) in [4.78, 5) is 16.5. The Bertz CT molecular complexity index is 336. The van der Waals surface area contributed by atoms with Crippen LogP contribution in [0.2, 0.25) is 0 Å². The fourth-order valence-electron chi connectivity index (χ4n) is 3.30. The molecule has 2 heterocycles. The lowest BCUT2D eigenvalue weighted by Crippen LogP contribution is -2.50. The van der Waals surface area contributed by atoms with E-state index in [0.29, 0.717) is 6.04 Å². The Morgan fingerprint density at radius 3 is 2.24 bits per heavy atom. The highest BCUT2D eigenvalue weighted by Crippen LogP contribution is 2.24. The first-order chi connectivity index (χ1) is 9.35. The average molecular weight is 319 g/mol. The van der Waals surface area contributed by atoms with Crippen LogP contribution in [0.4, 0.5) is 4.79 Å². The van der Waals surface area contributed by atoms with Gasteiger partial charge in [-0.25, -0.2) is 4.79 Å². The molecular formula is C16H31ClN2O2. The molecule has 0 aromatic carbocycles. The molecule has 124 valence electrons. The summed E-state index contributed by atoms with van der Waals surface area (Å²) in [5.41, 5.74) is -0.393. The lowest BCUT2D eigenvalue weighted by atomic mass is 9.95. The fraction of sp³-hybridized carbons (Fsp3) is 0.938. The first-order valence-corrected chi connectivity index (χ1v) is 8.07. The van der Waals surface area contributed by atoms with Crippen molar-refractivity contribution in [3.05, 3.63) is 0 Å². The molecule has 0 radical (unpaired) electrons. The van der Waals surface area contributed by atoms with Gasteiger partial charge in [-0.2, -0.15) is 0 Å². The van der Waals surface area contributed by atoms with Gasteiger partial charge in [0.2, 0.25) is 0 Å². The summed E-state index contributed by atoms with van der Waals surface area (Å²) in [6.45, 7) is 12.3. The summed E-state index contributed by atoms with van der Waals surface area (Å²) in [5, 5.41) is 0. The number of carbonyl (C=O) groups excluding carboxylic acids is 1. The van der Waals surface area contributed by atoms with E-state index in [2.05, 4.69) is 11.8 Å². The van der Waals surface area contributed by atoms with E-state index in [1.165, 1.54) is 25.9 Å². The minimum absolute atomic E-state index is 0. The minimum atomic E-state index is -0.393. The van der Waals surface area contributed by atoms with Gasteiger partial charge in [-0.1, -0.05) is 6.92 Å². The van der Waals surface area contributed by atoms with Crippen LogP contribution in [0.1, 0.15) is 53.4 Å². The first kappa shape index (κ1) is 18.6. The molecule has 0 bridgehead atoms. The summed E-state index contributed by atoms with van der Waals surface area (Å²) in [5.74, 6) is 0.827. The lowest BCUT2D eigenvalue weighted by molar-refractivity contribution is 0.0114. The normalized spacial score (nSPS) is 25.3. The molecule has 2 saturated heterocycles. The largest absolute Gasteiger partial charge is 0.444 e. The highest BCUT2D eigenvalue weighted by atomic mass is 35.5. The van der Waals surface area contributed by atoms with Gasteiger partial charge < -0.3 is 9.64 Å². The molecule has 1 atom stereocenters. The highest BCUT2D eigenvalue weighted by molar-refractivity contribution is 5.85. The zero-order chi connectivity index (χ0) is 14.8. The minimum Gasteiger partial charge on any atom is -0.444 e. The van der Waals surface area contributed by atoms with Crippen LogP contribution in [-0.2, 0) is 4.74 Å². The van der Waals surface area contributed by atoms with E-state index in [1.54, 1.807) is 0 Å². The Balaban J connectivity index is 0.00000220. The Labute approximate surface area is 135 Å². The summed E-state index contributed by atoms with van der Waals surface area (Å²) in [6.07, 6.45) is 4.72. The van der Waals surface area contributed by atoms with Crippen molar-refractivity contribution in [3.8, 4) is 0 Å². The molecule has 1 amide bonds. The van der Waals surface area contributed by atoms with Crippen LogP contribution in [0.3, 0.4) is 0 Å². The number of ether oxygens (including phenoxy) is 1. The predicted octanol–water partition coefficient (Wildman–Crippen LogP) is 3.54. The third-order valence-electron chi connectivity index (χ3n) is 4.32. The van der Waals surface area contributed by atoms with Gasteiger partial charge in [-0.15, -0.1) is 12.4 Å². The second-order valence-corrected chi connectivity index (χ2v) is 7.44. The van der Waals surface area contributed by atoms with Gasteiger partial charge in [0.05, 0.1) is 0 Å². The molecule has 0 unspecified atom stereocenters.